The summed E-state index contributed by atoms with van der Waals surface area (Å²) in [6.45, 7) is 0. The normalized spacial score (nSPS) is 10.0. The van der Waals surface area contributed by atoms with E-state index in [0.29, 0.717) is 0 Å². The first-order valence-corrected chi connectivity index (χ1v) is 2.68. The van der Waals surface area contributed by atoms with E-state index in [1.54, 1.807) is 0 Å². The van der Waals surface area contributed by atoms with Crippen LogP contribution in [-0.2, 0) is 0 Å². The monoisotopic (exact) mass is 334 g/mol. The summed E-state index contributed by atoms with van der Waals surface area (Å²) in [5.41, 5.74) is 0. The average Bonchev–Trinajstić information content (AvgIpc) is 0.722. The van der Waals surface area contributed by atoms with Crippen LogP contribution in [0, 0.1) is 29.2 Å². The number of hydrogen-bond acceptors (Lipinski definition) is 4. The number of rotatable bonds is 0. The minimum Gasteiger partial charge on any atom is -0.368 e. The molecule has 0 aliphatic heterocycles. The molecule has 0 bridgehead atoms. The van der Waals surface area contributed by atoms with Gasteiger partial charge in [0.05, 0.1) is 0 Å². The zero-order valence-electron chi connectivity index (χ0n) is 2.70. The van der Waals surface area contributed by atoms with Gasteiger partial charge in [0.25, 0.3) is 0 Å². The molecule has 0 aromatic rings. The molecular formula is H4O4PuSi. The third-order valence-electron chi connectivity index (χ3n) is 0. The molecule has 38 valence electrons. The minimum atomic E-state index is -4.61. The molecule has 0 spiro atoms. The van der Waals surface area contributed by atoms with Gasteiger partial charge in [0.15, 0.2) is 0 Å². The first-order chi connectivity index (χ1) is 2.00. The Morgan fingerprint density at radius 1 is 0.833 bits per heavy atom. The van der Waals surface area contributed by atoms with Crippen molar-refractivity contribution in [2.45, 2.75) is 0 Å². The van der Waals surface area contributed by atoms with Crippen LogP contribution in [0.4, 0.5) is 0 Å². The zero-order chi connectivity index (χ0) is 4.50. The van der Waals surface area contributed by atoms with E-state index in [1.807, 2.05) is 0 Å². The van der Waals surface area contributed by atoms with Crippen LogP contribution in [0.2, 0.25) is 0 Å². The number of hydrogen-bond donors (Lipinski definition) is 4. The molecule has 0 unspecified atom stereocenters. The second-order valence-corrected chi connectivity index (χ2v) is 1.80. The summed E-state index contributed by atoms with van der Waals surface area (Å²) < 4.78 is 0. The Morgan fingerprint density at radius 3 is 0.833 bits per heavy atom. The maximum Gasteiger partial charge on any atom is 0.668 e. The van der Waals surface area contributed by atoms with Gasteiger partial charge >= 0.3 is 9.05 Å². The quantitative estimate of drug-likeness (QED) is 0.365. The molecule has 0 aliphatic carbocycles. The molecule has 0 amide bonds. The van der Waals surface area contributed by atoms with Crippen molar-refractivity contribution >= 4 is 9.05 Å². The van der Waals surface area contributed by atoms with Gasteiger partial charge in [-0.25, -0.2) is 0 Å². The predicted octanol–water partition coefficient (Wildman–Crippen LogP) is -2.61. The van der Waals surface area contributed by atoms with Crippen LogP contribution in [0.1, 0.15) is 0 Å². The van der Waals surface area contributed by atoms with E-state index in [4.69, 9.17) is 19.2 Å². The van der Waals surface area contributed by atoms with E-state index in [0.717, 1.165) is 0 Å². The molecule has 0 rings (SSSR count). The van der Waals surface area contributed by atoms with Crippen LogP contribution in [-0.4, -0.2) is 28.2 Å². The Kier molecular flexibility index (Phi) is 5.22. The summed E-state index contributed by atoms with van der Waals surface area (Å²) >= 11 is 0. The molecule has 0 heterocycles. The Hall–Kier alpha value is 1.04. The SMILES string of the molecule is O[Si](O)(O)O.[Pu]. The summed E-state index contributed by atoms with van der Waals surface area (Å²) in [6, 6.07) is 0. The van der Waals surface area contributed by atoms with Crippen molar-refractivity contribution in [3.05, 3.63) is 0 Å². The predicted molar refractivity (Wildman–Crippen MR) is 14.6 cm³/mol. The molecule has 0 saturated carbocycles. The smallest absolute Gasteiger partial charge is 0.368 e. The van der Waals surface area contributed by atoms with Gasteiger partial charge in [0.2, 0.25) is 0 Å². The molecule has 0 saturated heterocycles. The second kappa shape index (κ2) is 3.10. The van der Waals surface area contributed by atoms with Gasteiger partial charge in [-0.05, 0) is 0 Å². The third kappa shape index (κ3) is 75.7. The summed E-state index contributed by atoms with van der Waals surface area (Å²) in [7, 11) is -4.61. The van der Waals surface area contributed by atoms with Crippen LogP contribution in [0.15, 0.2) is 0 Å². The summed E-state index contributed by atoms with van der Waals surface area (Å²) in [5, 5.41) is 0. The minimum absolute atomic E-state index is 0. The Morgan fingerprint density at radius 2 is 0.833 bits per heavy atom. The van der Waals surface area contributed by atoms with Gasteiger partial charge in [-0.15, -0.1) is 0 Å². The molecular weight excluding hydrogens is 336 g/mol. The van der Waals surface area contributed by atoms with E-state index in [-0.39, 0.29) is 29.2 Å². The van der Waals surface area contributed by atoms with Crippen LogP contribution in [0.5, 0.6) is 0 Å². The fourth-order valence-corrected chi connectivity index (χ4v) is 0. The van der Waals surface area contributed by atoms with E-state index in [2.05, 4.69) is 0 Å². The van der Waals surface area contributed by atoms with Gasteiger partial charge in [-0.3, -0.25) is 0 Å². The molecule has 6 heteroatoms. The standard InChI is InChI=1S/H4O4Si.Pu/c1-5(2,3)4;/h1-4H;. The zero-order valence-corrected chi connectivity index (χ0v) is 7.10. The summed E-state index contributed by atoms with van der Waals surface area (Å²) in [4.78, 5) is 29.3. The molecule has 0 fully saturated rings. The van der Waals surface area contributed by atoms with Gasteiger partial charge in [-0.1, -0.05) is 0 Å². The molecule has 4 N–H and O–H groups in total. The van der Waals surface area contributed by atoms with Crippen molar-refractivity contribution in [2.75, 3.05) is 0 Å². The topological polar surface area (TPSA) is 80.9 Å². The van der Waals surface area contributed by atoms with E-state index >= 15 is 0 Å². The molecule has 0 aromatic heterocycles. The first-order valence-electron chi connectivity index (χ1n) is 0.894. The third-order valence-corrected chi connectivity index (χ3v) is 0. The van der Waals surface area contributed by atoms with Crippen LogP contribution in [0.3, 0.4) is 0 Å². The summed E-state index contributed by atoms with van der Waals surface area (Å²) in [5.74, 6) is 0. The van der Waals surface area contributed by atoms with Crippen molar-refractivity contribution in [1.29, 1.82) is 0 Å². The van der Waals surface area contributed by atoms with Crippen molar-refractivity contribution in [1.82, 2.24) is 0 Å². The Balaban J connectivity index is 0. The first kappa shape index (κ1) is 10.1. The maximum absolute atomic E-state index is 7.33. The van der Waals surface area contributed by atoms with Crippen molar-refractivity contribution < 1.29 is 48.4 Å². The largest absolute Gasteiger partial charge is 0.668 e. The molecule has 0 atom stereocenters. The van der Waals surface area contributed by atoms with Crippen molar-refractivity contribution in [3.8, 4) is 0 Å². The molecule has 0 aliphatic rings. The fraction of sp³-hybridized carbons (Fsp3) is 0. The Labute approximate surface area is 57.5 Å². The van der Waals surface area contributed by atoms with Gasteiger partial charge in [0.1, 0.15) is 0 Å². The van der Waals surface area contributed by atoms with Crippen LogP contribution < -0.4 is 0 Å². The van der Waals surface area contributed by atoms with Crippen LogP contribution in [0.25, 0.3) is 0 Å². The van der Waals surface area contributed by atoms with E-state index in [1.165, 1.54) is 0 Å². The average molecular weight is 340 g/mol. The van der Waals surface area contributed by atoms with Gasteiger partial charge < -0.3 is 19.2 Å². The molecule has 6 heavy (non-hydrogen) atoms. The molecule has 0 aromatic carbocycles. The Bertz CT molecular complexity index is 23.0. The van der Waals surface area contributed by atoms with Gasteiger partial charge in [-0.2, -0.15) is 0 Å². The molecule has 0 radical (unpaired) electrons. The fourth-order valence-electron chi connectivity index (χ4n) is 0. The van der Waals surface area contributed by atoms with Gasteiger partial charge in [0, 0.05) is 29.2 Å². The summed E-state index contributed by atoms with van der Waals surface area (Å²) in [6.07, 6.45) is 0. The molecule has 4 nitrogen and oxygen atoms in total. The van der Waals surface area contributed by atoms with Crippen molar-refractivity contribution in [2.24, 2.45) is 0 Å². The maximum atomic E-state index is 7.33. The van der Waals surface area contributed by atoms with Crippen molar-refractivity contribution in [3.63, 3.8) is 0 Å². The van der Waals surface area contributed by atoms with E-state index in [9.17, 15) is 0 Å². The second-order valence-electron chi connectivity index (χ2n) is 0.600. The van der Waals surface area contributed by atoms with E-state index < -0.39 is 9.05 Å². The van der Waals surface area contributed by atoms with Crippen LogP contribution >= 0.6 is 0 Å².